The van der Waals surface area contributed by atoms with E-state index in [0.29, 0.717) is 44.9 Å². The fourth-order valence-corrected chi connectivity index (χ4v) is 11.8. The molecule has 5 aliphatic carbocycles. The Balaban J connectivity index is 1.40. The molecular formula is C30H48O2. The van der Waals surface area contributed by atoms with Gasteiger partial charge in [0.2, 0.25) is 0 Å². The molecule has 1 heterocycles. The largest absolute Gasteiger partial charge is 0.377 e. The average Bonchev–Trinajstić information content (AvgIpc) is 3.05. The van der Waals surface area contributed by atoms with Crippen molar-refractivity contribution in [1.29, 1.82) is 0 Å². The van der Waals surface area contributed by atoms with Gasteiger partial charge in [-0.1, -0.05) is 48.5 Å². The minimum Gasteiger partial charge on any atom is -0.377 e. The van der Waals surface area contributed by atoms with Gasteiger partial charge in [0.25, 0.3) is 0 Å². The van der Waals surface area contributed by atoms with E-state index in [1.54, 1.807) is 0 Å². The zero-order valence-corrected chi connectivity index (χ0v) is 22.0. The van der Waals surface area contributed by atoms with Crippen LogP contribution < -0.4 is 0 Å². The Morgan fingerprint density at radius 2 is 1.47 bits per heavy atom. The first-order chi connectivity index (χ1) is 14.8. The summed E-state index contributed by atoms with van der Waals surface area (Å²) in [7, 11) is 0. The van der Waals surface area contributed by atoms with Crippen molar-refractivity contribution >= 4 is 5.78 Å². The van der Waals surface area contributed by atoms with Crippen molar-refractivity contribution in [1.82, 2.24) is 0 Å². The van der Waals surface area contributed by atoms with Gasteiger partial charge in [0.1, 0.15) is 5.78 Å². The molecule has 0 amide bonds. The maximum absolute atomic E-state index is 12.9. The molecule has 0 N–H and O–H groups in total. The maximum atomic E-state index is 12.9. The van der Waals surface area contributed by atoms with Crippen LogP contribution in [0.25, 0.3) is 0 Å². The summed E-state index contributed by atoms with van der Waals surface area (Å²) in [5, 5.41) is 0. The monoisotopic (exact) mass is 440 g/mol. The lowest BCUT2D eigenvalue weighted by Crippen LogP contribution is -2.67. The second-order valence-electron chi connectivity index (χ2n) is 15.4. The molecule has 0 radical (unpaired) electrons. The second kappa shape index (κ2) is 6.24. The number of ether oxygens (including phenoxy) is 1. The van der Waals surface area contributed by atoms with E-state index in [9.17, 15) is 4.79 Å². The summed E-state index contributed by atoms with van der Waals surface area (Å²) in [6, 6.07) is 0. The summed E-state index contributed by atoms with van der Waals surface area (Å²) in [5.41, 5.74) is 1.83. The summed E-state index contributed by atoms with van der Waals surface area (Å²) >= 11 is 0. The Morgan fingerprint density at radius 3 is 2.22 bits per heavy atom. The van der Waals surface area contributed by atoms with E-state index in [1.165, 1.54) is 51.4 Å². The predicted octanol–water partition coefficient (Wildman–Crippen LogP) is 7.45. The van der Waals surface area contributed by atoms with Gasteiger partial charge >= 0.3 is 0 Å². The fraction of sp³-hybridized carbons (Fsp3) is 0.967. The Hall–Kier alpha value is -0.370. The van der Waals surface area contributed by atoms with Crippen LogP contribution in [-0.2, 0) is 9.53 Å². The van der Waals surface area contributed by atoms with Crippen LogP contribution in [0.15, 0.2) is 0 Å². The van der Waals surface area contributed by atoms with Gasteiger partial charge in [0.15, 0.2) is 0 Å². The van der Waals surface area contributed by atoms with Gasteiger partial charge < -0.3 is 4.74 Å². The molecule has 2 heteroatoms. The average molecular weight is 441 g/mol. The Morgan fingerprint density at radius 1 is 0.750 bits per heavy atom. The first-order valence-corrected chi connectivity index (χ1v) is 14.0. The van der Waals surface area contributed by atoms with Gasteiger partial charge in [-0.25, -0.2) is 0 Å². The molecule has 1 aliphatic heterocycles. The van der Waals surface area contributed by atoms with E-state index < -0.39 is 0 Å². The standard InChI is InChI=1S/C30H48O2/c1-25(2)14-16-30-17-15-28(6)19(23(30)24(25)32-18-30)8-9-21-27(5)12-11-22(31)26(3,4)20(27)10-13-29(21,28)7/h19-21,23-24H,8-18H2,1-7H3/t19-,20-,21-,23-,24+,27+,28-,29-,30-/m1/s1. The van der Waals surface area contributed by atoms with E-state index in [2.05, 4.69) is 48.5 Å². The number of fused-ring (bicyclic) bond motifs is 5. The molecule has 6 aliphatic rings. The van der Waals surface area contributed by atoms with Crippen molar-refractivity contribution < 1.29 is 9.53 Å². The lowest BCUT2D eigenvalue weighted by atomic mass is 9.31. The van der Waals surface area contributed by atoms with Crippen LogP contribution in [0.1, 0.15) is 113 Å². The van der Waals surface area contributed by atoms with Crippen LogP contribution in [0.2, 0.25) is 0 Å². The summed E-state index contributed by atoms with van der Waals surface area (Å²) in [6.07, 6.45) is 13.3. The zero-order valence-electron chi connectivity index (χ0n) is 22.0. The lowest BCUT2D eigenvalue weighted by Gasteiger charge is -2.72. The quantitative estimate of drug-likeness (QED) is 0.391. The second-order valence-corrected chi connectivity index (χ2v) is 15.4. The Kier molecular flexibility index (Phi) is 4.31. The third kappa shape index (κ3) is 2.35. The highest BCUT2D eigenvalue weighted by molar-refractivity contribution is 5.85. The van der Waals surface area contributed by atoms with Crippen LogP contribution >= 0.6 is 0 Å². The van der Waals surface area contributed by atoms with Gasteiger partial charge in [0, 0.05) is 11.8 Å². The summed E-state index contributed by atoms with van der Waals surface area (Å²) in [6.45, 7) is 18.6. The molecule has 0 aromatic heterocycles. The SMILES string of the molecule is CC1(C)CC[C@]23CC[C@]4(C)[C@H](CC[C@@H]5[C@@]6(C)CCC(=O)C(C)(C)[C@H]6CC[C@]54C)[C@@H]2[C@@H]1OC3. The van der Waals surface area contributed by atoms with Crippen LogP contribution in [-0.4, -0.2) is 18.5 Å². The van der Waals surface area contributed by atoms with Gasteiger partial charge in [-0.2, -0.15) is 0 Å². The number of carbonyl (C=O) groups excluding carboxylic acids is 1. The molecule has 2 bridgehead atoms. The van der Waals surface area contributed by atoms with Crippen LogP contribution in [0.5, 0.6) is 0 Å². The number of hydrogen-bond acceptors (Lipinski definition) is 2. The summed E-state index contributed by atoms with van der Waals surface area (Å²) < 4.78 is 6.70. The Bertz CT molecular complexity index is 842. The van der Waals surface area contributed by atoms with Crippen molar-refractivity contribution in [2.24, 2.45) is 56.2 Å². The van der Waals surface area contributed by atoms with E-state index in [-0.39, 0.29) is 5.41 Å². The van der Waals surface area contributed by atoms with Crippen molar-refractivity contribution in [2.45, 2.75) is 119 Å². The molecule has 5 saturated carbocycles. The van der Waals surface area contributed by atoms with Gasteiger partial charge in [-0.05, 0) is 109 Å². The van der Waals surface area contributed by atoms with E-state index in [4.69, 9.17) is 4.74 Å². The minimum atomic E-state index is -0.136. The van der Waals surface area contributed by atoms with E-state index in [1.807, 2.05) is 0 Å². The highest BCUT2D eigenvalue weighted by Gasteiger charge is 2.72. The van der Waals surface area contributed by atoms with Crippen molar-refractivity contribution in [3.05, 3.63) is 0 Å². The molecule has 9 atom stereocenters. The summed E-state index contributed by atoms with van der Waals surface area (Å²) in [4.78, 5) is 12.9. The van der Waals surface area contributed by atoms with Crippen LogP contribution in [0, 0.1) is 56.2 Å². The lowest BCUT2D eigenvalue weighted by molar-refractivity contribution is -0.239. The summed E-state index contributed by atoms with van der Waals surface area (Å²) in [5.74, 6) is 3.46. The smallest absolute Gasteiger partial charge is 0.138 e. The molecule has 6 fully saturated rings. The van der Waals surface area contributed by atoms with Crippen LogP contribution in [0.3, 0.4) is 0 Å². The third-order valence-electron chi connectivity index (χ3n) is 13.9. The van der Waals surface area contributed by atoms with Crippen molar-refractivity contribution in [3.8, 4) is 0 Å². The number of carbonyl (C=O) groups is 1. The van der Waals surface area contributed by atoms with E-state index in [0.717, 1.165) is 37.2 Å². The molecule has 0 aromatic rings. The number of hydrogen-bond donors (Lipinski definition) is 0. The molecule has 2 nitrogen and oxygen atoms in total. The molecular weight excluding hydrogens is 392 g/mol. The zero-order chi connectivity index (χ0) is 22.9. The third-order valence-corrected chi connectivity index (χ3v) is 13.9. The minimum absolute atomic E-state index is 0.136. The van der Waals surface area contributed by atoms with Gasteiger partial charge in [-0.3, -0.25) is 4.79 Å². The highest BCUT2D eigenvalue weighted by atomic mass is 16.5. The first kappa shape index (κ1) is 22.1. The molecule has 1 saturated heterocycles. The van der Waals surface area contributed by atoms with Crippen molar-refractivity contribution in [3.63, 3.8) is 0 Å². The van der Waals surface area contributed by atoms with E-state index >= 15 is 0 Å². The van der Waals surface area contributed by atoms with Gasteiger partial charge in [-0.15, -0.1) is 0 Å². The molecule has 180 valence electrons. The fourth-order valence-electron chi connectivity index (χ4n) is 11.8. The molecule has 0 aromatic carbocycles. The Labute approximate surface area is 197 Å². The molecule has 6 rings (SSSR count). The number of rotatable bonds is 0. The highest BCUT2D eigenvalue weighted by Crippen LogP contribution is 2.77. The number of Topliss-reactive ketones (excluding diaryl/α,β-unsaturated/α-hetero) is 1. The topological polar surface area (TPSA) is 26.3 Å². The van der Waals surface area contributed by atoms with Crippen LogP contribution in [0.4, 0.5) is 0 Å². The molecule has 32 heavy (non-hydrogen) atoms. The number of ketones is 1. The first-order valence-electron chi connectivity index (χ1n) is 14.0. The van der Waals surface area contributed by atoms with Crippen molar-refractivity contribution in [2.75, 3.05) is 6.61 Å². The van der Waals surface area contributed by atoms with Gasteiger partial charge in [0.05, 0.1) is 12.7 Å². The maximum Gasteiger partial charge on any atom is 0.138 e. The predicted molar refractivity (Wildman–Crippen MR) is 129 cm³/mol. The molecule has 0 unspecified atom stereocenters. The normalized spacial score (nSPS) is 57.7. The molecule has 0 spiro atoms.